The minimum atomic E-state index is 0.166. The SMILES string of the molecule is CCON1CCC(N=C=O)CC1. The molecular formula is C8H14N2O2. The van der Waals surface area contributed by atoms with Gasteiger partial charge in [0.05, 0.1) is 12.6 Å². The Bertz CT molecular complexity index is 170. The first-order chi connectivity index (χ1) is 5.86. The van der Waals surface area contributed by atoms with E-state index in [4.69, 9.17) is 4.84 Å². The van der Waals surface area contributed by atoms with Gasteiger partial charge in [-0.3, -0.25) is 4.84 Å². The largest absolute Gasteiger partial charge is 0.299 e. The van der Waals surface area contributed by atoms with E-state index in [9.17, 15) is 4.79 Å². The third kappa shape index (κ3) is 2.74. The fraction of sp³-hybridized carbons (Fsp3) is 0.875. The number of aliphatic imine (C=N–C) groups is 1. The Labute approximate surface area is 72.2 Å². The van der Waals surface area contributed by atoms with Crippen LogP contribution in [0.3, 0.4) is 0 Å². The van der Waals surface area contributed by atoms with Crippen molar-refractivity contribution in [2.24, 2.45) is 4.99 Å². The molecule has 0 bridgehead atoms. The summed E-state index contributed by atoms with van der Waals surface area (Å²) in [6, 6.07) is 0.166. The molecule has 12 heavy (non-hydrogen) atoms. The average Bonchev–Trinajstić information content (AvgIpc) is 2.09. The number of carbonyl (C=O) groups excluding carboxylic acids is 1. The normalized spacial score (nSPS) is 20.4. The van der Waals surface area contributed by atoms with Crippen molar-refractivity contribution >= 4 is 6.08 Å². The molecule has 0 aromatic carbocycles. The lowest BCUT2D eigenvalue weighted by Gasteiger charge is -2.27. The minimum Gasteiger partial charge on any atom is -0.299 e. The molecule has 1 saturated heterocycles. The molecule has 0 aliphatic carbocycles. The summed E-state index contributed by atoms with van der Waals surface area (Å²) in [6.45, 7) is 4.41. The second-order valence-corrected chi connectivity index (χ2v) is 2.80. The lowest BCUT2D eigenvalue weighted by atomic mass is 10.1. The molecule has 4 nitrogen and oxygen atoms in total. The predicted molar refractivity (Wildman–Crippen MR) is 44.3 cm³/mol. The monoisotopic (exact) mass is 170 g/mol. The Balaban J connectivity index is 2.24. The molecule has 0 radical (unpaired) electrons. The summed E-state index contributed by atoms with van der Waals surface area (Å²) in [7, 11) is 0. The van der Waals surface area contributed by atoms with E-state index in [0.29, 0.717) is 6.61 Å². The molecule has 1 aliphatic heterocycles. The fourth-order valence-electron chi connectivity index (χ4n) is 1.36. The van der Waals surface area contributed by atoms with Gasteiger partial charge in [0.2, 0.25) is 6.08 Å². The summed E-state index contributed by atoms with van der Waals surface area (Å²) in [4.78, 5) is 18.9. The zero-order valence-electron chi connectivity index (χ0n) is 7.32. The van der Waals surface area contributed by atoms with Crippen LogP contribution in [-0.2, 0) is 9.63 Å². The average molecular weight is 170 g/mol. The van der Waals surface area contributed by atoms with E-state index in [1.165, 1.54) is 0 Å². The van der Waals surface area contributed by atoms with Gasteiger partial charge in [-0.05, 0) is 19.8 Å². The number of nitrogens with zero attached hydrogens (tertiary/aromatic N) is 2. The summed E-state index contributed by atoms with van der Waals surface area (Å²) in [6.07, 6.45) is 3.40. The van der Waals surface area contributed by atoms with Crippen LogP contribution in [0.2, 0.25) is 0 Å². The van der Waals surface area contributed by atoms with Crippen molar-refractivity contribution in [3.63, 3.8) is 0 Å². The number of isocyanates is 1. The van der Waals surface area contributed by atoms with Crippen molar-refractivity contribution in [3.8, 4) is 0 Å². The fourth-order valence-corrected chi connectivity index (χ4v) is 1.36. The van der Waals surface area contributed by atoms with Crippen LogP contribution in [0.25, 0.3) is 0 Å². The van der Waals surface area contributed by atoms with E-state index < -0.39 is 0 Å². The van der Waals surface area contributed by atoms with Gasteiger partial charge < -0.3 is 0 Å². The molecule has 1 aliphatic rings. The number of rotatable bonds is 3. The molecule has 0 atom stereocenters. The molecule has 0 spiro atoms. The molecule has 0 saturated carbocycles. The van der Waals surface area contributed by atoms with Crippen LogP contribution >= 0.6 is 0 Å². The van der Waals surface area contributed by atoms with Crippen molar-refractivity contribution in [1.82, 2.24) is 5.06 Å². The first kappa shape index (κ1) is 9.39. The van der Waals surface area contributed by atoms with Crippen molar-refractivity contribution in [1.29, 1.82) is 0 Å². The molecule has 0 aromatic rings. The Kier molecular flexibility index (Phi) is 3.94. The first-order valence-electron chi connectivity index (χ1n) is 4.31. The predicted octanol–water partition coefficient (Wildman–Crippen LogP) is 0.738. The van der Waals surface area contributed by atoms with Crippen LogP contribution in [0, 0.1) is 0 Å². The zero-order chi connectivity index (χ0) is 8.81. The van der Waals surface area contributed by atoms with Crippen molar-refractivity contribution in [2.45, 2.75) is 25.8 Å². The lowest BCUT2D eigenvalue weighted by molar-refractivity contribution is -0.165. The van der Waals surface area contributed by atoms with Crippen LogP contribution in [0.1, 0.15) is 19.8 Å². The second-order valence-electron chi connectivity index (χ2n) is 2.80. The Morgan fingerprint density at radius 3 is 2.75 bits per heavy atom. The molecular weight excluding hydrogens is 156 g/mol. The van der Waals surface area contributed by atoms with E-state index in [1.807, 2.05) is 12.0 Å². The van der Waals surface area contributed by atoms with Gasteiger partial charge in [-0.2, -0.15) is 5.06 Å². The Morgan fingerprint density at radius 2 is 2.25 bits per heavy atom. The third-order valence-corrected chi connectivity index (χ3v) is 1.97. The molecule has 0 amide bonds. The number of hydroxylamine groups is 2. The van der Waals surface area contributed by atoms with E-state index >= 15 is 0 Å². The van der Waals surface area contributed by atoms with E-state index in [0.717, 1.165) is 25.9 Å². The molecule has 68 valence electrons. The number of piperidine rings is 1. The minimum absolute atomic E-state index is 0.166. The smallest absolute Gasteiger partial charge is 0.235 e. The van der Waals surface area contributed by atoms with Gasteiger partial charge in [0, 0.05) is 13.1 Å². The van der Waals surface area contributed by atoms with E-state index in [1.54, 1.807) is 6.08 Å². The highest BCUT2D eigenvalue weighted by Gasteiger charge is 2.18. The van der Waals surface area contributed by atoms with Crippen molar-refractivity contribution in [3.05, 3.63) is 0 Å². The maximum absolute atomic E-state index is 9.94. The maximum atomic E-state index is 9.94. The quantitative estimate of drug-likeness (QED) is 0.463. The molecule has 0 aromatic heterocycles. The van der Waals surface area contributed by atoms with Gasteiger partial charge in [0.15, 0.2) is 0 Å². The highest BCUT2D eigenvalue weighted by Crippen LogP contribution is 2.12. The van der Waals surface area contributed by atoms with Gasteiger partial charge in [0.1, 0.15) is 0 Å². The zero-order valence-corrected chi connectivity index (χ0v) is 7.32. The molecule has 1 fully saturated rings. The lowest BCUT2D eigenvalue weighted by Crippen LogP contribution is -2.35. The third-order valence-electron chi connectivity index (χ3n) is 1.97. The molecule has 1 rings (SSSR count). The summed E-state index contributed by atoms with van der Waals surface area (Å²) < 4.78 is 0. The number of hydrogen-bond acceptors (Lipinski definition) is 4. The molecule has 1 heterocycles. The molecule has 0 unspecified atom stereocenters. The summed E-state index contributed by atoms with van der Waals surface area (Å²) in [5.74, 6) is 0. The van der Waals surface area contributed by atoms with Crippen LogP contribution < -0.4 is 0 Å². The van der Waals surface area contributed by atoms with Crippen LogP contribution in [0.5, 0.6) is 0 Å². The Morgan fingerprint density at radius 1 is 1.58 bits per heavy atom. The van der Waals surface area contributed by atoms with Crippen LogP contribution in [-0.4, -0.2) is 36.9 Å². The summed E-state index contributed by atoms with van der Waals surface area (Å²) >= 11 is 0. The van der Waals surface area contributed by atoms with Gasteiger partial charge in [-0.25, -0.2) is 9.79 Å². The molecule has 0 N–H and O–H groups in total. The summed E-state index contributed by atoms with van der Waals surface area (Å²) in [5, 5.41) is 1.93. The van der Waals surface area contributed by atoms with E-state index in [-0.39, 0.29) is 6.04 Å². The summed E-state index contributed by atoms with van der Waals surface area (Å²) in [5.41, 5.74) is 0. The van der Waals surface area contributed by atoms with E-state index in [2.05, 4.69) is 4.99 Å². The van der Waals surface area contributed by atoms with Gasteiger partial charge in [-0.1, -0.05) is 0 Å². The maximum Gasteiger partial charge on any atom is 0.235 e. The first-order valence-corrected chi connectivity index (χ1v) is 4.31. The van der Waals surface area contributed by atoms with Gasteiger partial charge in [-0.15, -0.1) is 0 Å². The number of hydrogen-bond donors (Lipinski definition) is 0. The standard InChI is InChI=1S/C8H14N2O2/c1-2-12-10-5-3-8(4-6-10)9-7-11/h8H,2-6H2,1H3. The van der Waals surface area contributed by atoms with Gasteiger partial charge >= 0.3 is 0 Å². The highest BCUT2D eigenvalue weighted by molar-refractivity contribution is 5.33. The topological polar surface area (TPSA) is 41.9 Å². The molecule has 4 heteroatoms. The highest BCUT2D eigenvalue weighted by atomic mass is 16.7. The van der Waals surface area contributed by atoms with Crippen LogP contribution in [0.15, 0.2) is 4.99 Å². The van der Waals surface area contributed by atoms with Crippen molar-refractivity contribution < 1.29 is 9.63 Å². The van der Waals surface area contributed by atoms with Crippen LogP contribution in [0.4, 0.5) is 0 Å². The van der Waals surface area contributed by atoms with Gasteiger partial charge in [0.25, 0.3) is 0 Å². The Hall–Kier alpha value is -0.700. The second kappa shape index (κ2) is 5.04. The van der Waals surface area contributed by atoms with Crippen molar-refractivity contribution in [2.75, 3.05) is 19.7 Å².